The number of rotatable bonds is 11. The summed E-state index contributed by atoms with van der Waals surface area (Å²) in [6.07, 6.45) is 9.04. The summed E-state index contributed by atoms with van der Waals surface area (Å²) in [7, 11) is -4.62. The van der Waals surface area contributed by atoms with Crippen LogP contribution >= 0.6 is 0 Å². The Morgan fingerprint density at radius 3 is 2.55 bits per heavy atom. The third-order valence-corrected chi connectivity index (χ3v) is 17.9. The minimum Gasteiger partial charge on any atom is -0.468 e. The summed E-state index contributed by atoms with van der Waals surface area (Å²) < 4.78 is 49.1. The molecule has 3 aromatic carbocycles. The highest BCUT2D eigenvalue weighted by molar-refractivity contribution is 7.90. The van der Waals surface area contributed by atoms with Gasteiger partial charge in [0.05, 0.1) is 58.6 Å². The second kappa shape index (κ2) is 18.7. The van der Waals surface area contributed by atoms with E-state index in [9.17, 15) is 28.4 Å². The highest BCUT2D eigenvalue weighted by atomic mass is 32.2. The fourth-order valence-corrected chi connectivity index (χ4v) is 13.6. The molecule has 71 heavy (non-hydrogen) atoms. The average molecular weight is 989 g/mol. The zero-order valence-corrected chi connectivity index (χ0v) is 41.5. The van der Waals surface area contributed by atoms with Gasteiger partial charge in [0.2, 0.25) is 5.88 Å². The number of nitrogens with one attached hydrogen (secondary N) is 3. The number of nitrogens with zero attached hydrogens (tertiary/aromatic N) is 5. The minimum atomic E-state index is -4.62. The molecule has 18 heteroatoms. The molecule has 4 aliphatic heterocycles. The van der Waals surface area contributed by atoms with Crippen LogP contribution in [0, 0.1) is 28.4 Å². The maximum atomic E-state index is 14.7. The summed E-state index contributed by atoms with van der Waals surface area (Å²) in [6.45, 7) is 10.7. The van der Waals surface area contributed by atoms with E-state index in [1.54, 1.807) is 6.07 Å². The summed E-state index contributed by atoms with van der Waals surface area (Å²) in [5, 5.41) is 26.8. The van der Waals surface area contributed by atoms with Gasteiger partial charge in [-0.25, -0.2) is 13.1 Å². The normalized spacial score (nSPS) is 28.9. The molecule has 6 heterocycles. The van der Waals surface area contributed by atoms with Crippen LogP contribution in [-0.2, 0) is 19.5 Å². The highest BCUT2D eigenvalue weighted by Crippen LogP contribution is 2.55. The number of ether oxygens (including phenoxy) is 3. The van der Waals surface area contributed by atoms with Crippen LogP contribution in [-0.4, -0.2) is 115 Å². The first kappa shape index (κ1) is 47.5. The van der Waals surface area contributed by atoms with Gasteiger partial charge in [-0.1, -0.05) is 24.3 Å². The van der Waals surface area contributed by atoms with E-state index in [0.717, 1.165) is 75.4 Å². The van der Waals surface area contributed by atoms with Crippen LogP contribution in [0.3, 0.4) is 0 Å². The van der Waals surface area contributed by atoms with Gasteiger partial charge in [0.25, 0.3) is 21.6 Å². The van der Waals surface area contributed by atoms with Crippen molar-refractivity contribution in [2.75, 3.05) is 61.2 Å². The number of carbonyl (C=O) groups excluding carboxylic acids is 1. The molecular weight excluding hydrogens is 925 g/mol. The van der Waals surface area contributed by atoms with E-state index in [1.807, 2.05) is 37.4 Å². The van der Waals surface area contributed by atoms with Crippen molar-refractivity contribution in [1.29, 1.82) is 0 Å². The van der Waals surface area contributed by atoms with E-state index in [2.05, 4.69) is 67.8 Å². The SMILES string of the molecule is Cc1ccccc1[C@@H]1COCCN1C1CC2(CCN(c3ccc(C(=O)NS(=O)(=O)c4ccc(NC[C@H]5CC[C@](C)(O)CC5)c([N+](=O)[O-])c4)c(N4c5cc6cc[nH]c6nc5O[C@H]5COCC[C@@H]54)c3)[C@@H](C)C2)C1. The molecule has 4 N–H and O–H groups in total. The van der Waals surface area contributed by atoms with Crippen molar-refractivity contribution in [1.82, 2.24) is 19.6 Å². The van der Waals surface area contributed by atoms with Crippen LogP contribution in [0.25, 0.3) is 11.0 Å². The molecule has 0 unspecified atom stereocenters. The number of piperidine rings is 1. The second-order valence-electron chi connectivity index (χ2n) is 21.3. The Balaban J connectivity index is 0.881. The fourth-order valence-electron chi connectivity index (χ4n) is 12.6. The van der Waals surface area contributed by atoms with Gasteiger partial charge in [-0.05, 0) is 143 Å². The molecule has 0 radical (unpaired) electrons. The zero-order valence-electron chi connectivity index (χ0n) is 40.6. The van der Waals surface area contributed by atoms with Crippen molar-refractivity contribution in [2.45, 2.75) is 119 Å². The summed E-state index contributed by atoms with van der Waals surface area (Å²) in [6, 6.07) is 22.4. The Hall–Kier alpha value is -5.79. The van der Waals surface area contributed by atoms with E-state index in [1.165, 1.54) is 23.3 Å². The third kappa shape index (κ3) is 9.22. The number of nitro groups is 1. The number of carbonyl (C=O) groups is 1. The lowest BCUT2D eigenvalue weighted by molar-refractivity contribution is -0.384. The number of anilines is 4. The molecule has 1 amide bonds. The van der Waals surface area contributed by atoms with Gasteiger partial charge in [0.1, 0.15) is 23.1 Å². The largest absolute Gasteiger partial charge is 0.468 e. The lowest BCUT2D eigenvalue weighted by Gasteiger charge is -2.59. The lowest BCUT2D eigenvalue weighted by Crippen LogP contribution is -2.59. The Kier molecular flexibility index (Phi) is 12.5. The van der Waals surface area contributed by atoms with E-state index in [0.29, 0.717) is 74.6 Å². The van der Waals surface area contributed by atoms with Gasteiger partial charge in [-0.15, -0.1) is 0 Å². The number of nitro benzene ring substituents is 1. The zero-order chi connectivity index (χ0) is 49.2. The number of sulfonamides is 1. The van der Waals surface area contributed by atoms with Gasteiger partial charge >= 0.3 is 0 Å². The number of hydrogen-bond donors (Lipinski definition) is 4. The lowest BCUT2D eigenvalue weighted by atomic mass is 9.58. The summed E-state index contributed by atoms with van der Waals surface area (Å²) in [5.74, 6) is -0.317. The van der Waals surface area contributed by atoms with E-state index >= 15 is 0 Å². The van der Waals surface area contributed by atoms with Gasteiger partial charge in [0.15, 0.2) is 0 Å². The smallest absolute Gasteiger partial charge is 0.293 e. The summed E-state index contributed by atoms with van der Waals surface area (Å²) in [4.78, 5) is 41.3. The summed E-state index contributed by atoms with van der Waals surface area (Å²) >= 11 is 0. The van der Waals surface area contributed by atoms with Gasteiger partial charge in [0, 0.05) is 61.7 Å². The first-order valence-corrected chi connectivity index (χ1v) is 26.8. The van der Waals surface area contributed by atoms with Crippen LogP contribution in [0.5, 0.6) is 5.88 Å². The van der Waals surface area contributed by atoms with Crippen molar-refractivity contribution >= 4 is 55.4 Å². The van der Waals surface area contributed by atoms with E-state index in [-0.39, 0.29) is 40.7 Å². The molecule has 5 fully saturated rings. The Bertz CT molecular complexity index is 2950. The third-order valence-electron chi connectivity index (χ3n) is 16.6. The number of aliphatic hydroxyl groups is 1. The molecule has 2 saturated carbocycles. The molecule has 2 aromatic heterocycles. The molecule has 17 nitrogen and oxygen atoms in total. The van der Waals surface area contributed by atoms with Crippen molar-refractivity contribution in [3.8, 4) is 5.88 Å². The number of morpholine rings is 1. The van der Waals surface area contributed by atoms with E-state index < -0.39 is 43.1 Å². The van der Waals surface area contributed by atoms with Crippen molar-refractivity contribution < 1.29 is 37.5 Å². The van der Waals surface area contributed by atoms with Gasteiger partial charge in [-0.2, -0.15) is 4.98 Å². The van der Waals surface area contributed by atoms with Crippen molar-refractivity contribution in [3.05, 3.63) is 106 Å². The number of aromatic amines is 1. The van der Waals surface area contributed by atoms with Crippen LogP contribution in [0.2, 0.25) is 0 Å². The molecule has 6 aliphatic rings. The first-order valence-electron chi connectivity index (χ1n) is 25.3. The van der Waals surface area contributed by atoms with Crippen LogP contribution in [0.1, 0.15) is 99.2 Å². The van der Waals surface area contributed by atoms with E-state index in [4.69, 9.17) is 19.2 Å². The Morgan fingerprint density at radius 1 is 0.958 bits per heavy atom. The first-order chi connectivity index (χ1) is 34.1. The predicted molar refractivity (Wildman–Crippen MR) is 270 cm³/mol. The molecule has 376 valence electrons. The predicted octanol–water partition coefficient (Wildman–Crippen LogP) is 8.15. The quantitative estimate of drug-likeness (QED) is 0.0729. The number of aromatic nitrogens is 2. The fraction of sp³-hybridized carbons (Fsp3) is 0.509. The number of aryl methyl sites for hydroxylation is 1. The number of benzene rings is 3. The molecule has 11 rings (SSSR count). The van der Waals surface area contributed by atoms with Gasteiger partial charge < -0.3 is 39.4 Å². The topological polar surface area (TPSA) is 205 Å². The number of pyridine rings is 1. The second-order valence-corrected chi connectivity index (χ2v) is 23.0. The molecule has 0 bridgehead atoms. The number of H-pyrrole nitrogens is 1. The maximum Gasteiger partial charge on any atom is 0.293 e. The molecule has 5 aromatic rings. The monoisotopic (exact) mass is 988 g/mol. The summed E-state index contributed by atoms with van der Waals surface area (Å²) in [5.41, 5.74) is 4.71. The molecule has 4 atom stereocenters. The molecule has 2 aliphatic carbocycles. The van der Waals surface area contributed by atoms with Crippen LogP contribution < -0.4 is 24.6 Å². The molecule has 3 saturated heterocycles. The maximum absolute atomic E-state index is 14.7. The van der Waals surface area contributed by atoms with Gasteiger partial charge in [-0.3, -0.25) is 19.8 Å². The Morgan fingerprint density at radius 2 is 1.76 bits per heavy atom. The minimum absolute atomic E-state index is 0.112. The number of fused-ring (bicyclic) bond motifs is 3. The number of hydrogen-bond acceptors (Lipinski definition) is 14. The molecular formula is C53H64N8O9S. The Labute approximate surface area is 414 Å². The van der Waals surface area contributed by atoms with Crippen LogP contribution in [0.4, 0.5) is 28.4 Å². The van der Waals surface area contributed by atoms with Crippen molar-refractivity contribution in [2.24, 2.45) is 11.3 Å². The standard InChI is InChI=1S/C53H64N8O9S/c1-33-6-4-5-7-40(33)47-31-69-23-21-59(47)38-28-53(29-38)18-20-58(34(2)27-53)37-8-10-41(44(25-37)60-43-15-22-68-32-48(43)70-51-46(60)24-36-14-19-54-49(36)56-51)50(62)57-71(66,67)39-9-11-42(45(26-39)61(64)65)55-30-35-12-16-52(3,63)17-13-35/h4-11,14,19,24-26,34-35,38,43,47-48,55,63H,12-13,15-18,20-23,27-32H2,1-3H3,(H,54,56)(H,57,62)/t34-,35-,38?,43-,47-,48-,52-,53?/m0/s1. The molecule has 1 spiro atoms. The number of amides is 1. The van der Waals surface area contributed by atoms with Crippen molar-refractivity contribution in [3.63, 3.8) is 0 Å². The average Bonchev–Trinajstić information content (AvgIpc) is 3.81. The van der Waals surface area contributed by atoms with Crippen LogP contribution in [0.15, 0.2) is 83.9 Å². The highest BCUT2D eigenvalue weighted by Gasteiger charge is 2.51.